The van der Waals surface area contributed by atoms with Gasteiger partial charge in [0.05, 0.1) is 26.4 Å². The molecule has 0 aromatic rings. The van der Waals surface area contributed by atoms with Gasteiger partial charge in [0.2, 0.25) is 5.91 Å². The largest absolute Gasteiger partial charge is 0.383 e. The summed E-state index contributed by atoms with van der Waals surface area (Å²) in [6, 6.07) is -0.482. The van der Waals surface area contributed by atoms with E-state index in [2.05, 4.69) is 10.6 Å². The van der Waals surface area contributed by atoms with Crippen LogP contribution in [0.4, 0.5) is 4.79 Å². The lowest BCUT2D eigenvalue weighted by Crippen LogP contribution is -2.47. The predicted molar refractivity (Wildman–Crippen MR) is 78.3 cm³/mol. The standard InChI is InChI=1S/C14H25N3O5/c1-20-7-4-15-14(19)16-12(18)10-17-5-2-11(3-6-17)13-21-8-9-22-13/h11,13H,2-10H2,1H3,(H2,15,16,18,19). The number of nitrogens with zero attached hydrogens (tertiary/aromatic N) is 1. The van der Waals surface area contributed by atoms with Gasteiger partial charge in [-0.1, -0.05) is 0 Å². The molecule has 8 heteroatoms. The fourth-order valence-corrected chi connectivity index (χ4v) is 2.71. The third kappa shape index (κ3) is 5.53. The molecular formula is C14H25N3O5. The van der Waals surface area contributed by atoms with Crippen molar-refractivity contribution in [2.24, 2.45) is 5.92 Å². The van der Waals surface area contributed by atoms with Crippen LogP contribution in [0, 0.1) is 5.92 Å². The third-order valence-electron chi connectivity index (χ3n) is 3.88. The molecule has 126 valence electrons. The maximum Gasteiger partial charge on any atom is 0.321 e. The number of carbonyl (C=O) groups is 2. The van der Waals surface area contributed by atoms with E-state index in [4.69, 9.17) is 14.2 Å². The molecule has 2 N–H and O–H groups in total. The zero-order chi connectivity index (χ0) is 15.8. The number of carbonyl (C=O) groups excluding carboxylic acids is 2. The Morgan fingerprint density at radius 1 is 1.23 bits per heavy atom. The molecule has 8 nitrogen and oxygen atoms in total. The van der Waals surface area contributed by atoms with Crippen molar-refractivity contribution in [1.82, 2.24) is 15.5 Å². The summed E-state index contributed by atoms with van der Waals surface area (Å²) in [6.07, 6.45) is 1.80. The quantitative estimate of drug-likeness (QED) is 0.645. The molecule has 0 aromatic heterocycles. The highest BCUT2D eigenvalue weighted by Crippen LogP contribution is 2.25. The number of piperidine rings is 1. The summed E-state index contributed by atoms with van der Waals surface area (Å²) < 4.78 is 15.9. The van der Waals surface area contributed by atoms with Crippen LogP contribution in [0.25, 0.3) is 0 Å². The average Bonchev–Trinajstić information content (AvgIpc) is 3.02. The summed E-state index contributed by atoms with van der Waals surface area (Å²) in [5.41, 5.74) is 0. The molecule has 22 heavy (non-hydrogen) atoms. The van der Waals surface area contributed by atoms with Crippen molar-refractivity contribution in [2.75, 3.05) is 53.1 Å². The Morgan fingerprint density at radius 2 is 1.91 bits per heavy atom. The molecule has 2 heterocycles. The van der Waals surface area contributed by atoms with Gasteiger partial charge in [0.1, 0.15) is 0 Å². The first-order valence-corrected chi connectivity index (χ1v) is 7.71. The topological polar surface area (TPSA) is 89.1 Å². The Labute approximate surface area is 130 Å². The van der Waals surface area contributed by atoms with Gasteiger partial charge in [0.25, 0.3) is 0 Å². The number of nitrogens with one attached hydrogen (secondary N) is 2. The Hall–Kier alpha value is -1.22. The van der Waals surface area contributed by atoms with Gasteiger partial charge < -0.3 is 19.5 Å². The van der Waals surface area contributed by atoms with E-state index in [9.17, 15) is 9.59 Å². The molecule has 0 atom stereocenters. The lowest BCUT2D eigenvalue weighted by atomic mass is 9.96. The molecule has 2 aliphatic rings. The molecule has 0 bridgehead atoms. The van der Waals surface area contributed by atoms with Crippen LogP contribution in [0.3, 0.4) is 0 Å². The van der Waals surface area contributed by atoms with Gasteiger partial charge in [0.15, 0.2) is 6.29 Å². The Bertz CT molecular complexity index is 365. The molecule has 0 spiro atoms. The van der Waals surface area contributed by atoms with Crippen LogP contribution in [-0.4, -0.2) is 76.2 Å². The van der Waals surface area contributed by atoms with Gasteiger partial charge in [-0.15, -0.1) is 0 Å². The summed E-state index contributed by atoms with van der Waals surface area (Å²) in [7, 11) is 1.55. The van der Waals surface area contributed by atoms with Crippen molar-refractivity contribution in [3.05, 3.63) is 0 Å². The SMILES string of the molecule is COCCNC(=O)NC(=O)CN1CCC(C2OCCO2)CC1. The first-order valence-electron chi connectivity index (χ1n) is 7.71. The Kier molecular flexibility index (Phi) is 7.04. The normalized spacial score (nSPS) is 21.0. The fourth-order valence-electron chi connectivity index (χ4n) is 2.71. The minimum absolute atomic E-state index is 0.0810. The van der Waals surface area contributed by atoms with Crippen molar-refractivity contribution in [1.29, 1.82) is 0 Å². The highest BCUT2D eigenvalue weighted by atomic mass is 16.7. The van der Waals surface area contributed by atoms with Crippen LogP contribution in [0.15, 0.2) is 0 Å². The summed E-state index contributed by atoms with van der Waals surface area (Å²) in [5.74, 6) is 0.112. The maximum atomic E-state index is 11.8. The minimum atomic E-state index is -0.482. The number of hydrogen-bond donors (Lipinski definition) is 2. The second-order valence-corrected chi connectivity index (χ2v) is 5.52. The highest BCUT2D eigenvalue weighted by molar-refractivity contribution is 5.95. The van der Waals surface area contributed by atoms with Gasteiger partial charge in [-0.3, -0.25) is 15.0 Å². The van der Waals surface area contributed by atoms with Gasteiger partial charge in [0, 0.05) is 19.6 Å². The van der Waals surface area contributed by atoms with E-state index in [0.29, 0.717) is 32.3 Å². The van der Waals surface area contributed by atoms with Crippen LogP contribution < -0.4 is 10.6 Å². The van der Waals surface area contributed by atoms with Gasteiger partial charge in [-0.05, 0) is 25.9 Å². The number of likely N-dealkylation sites (tertiary alicyclic amines) is 1. The second-order valence-electron chi connectivity index (χ2n) is 5.52. The van der Waals surface area contributed by atoms with E-state index in [1.807, 2.05) is 4.90 Å². The zero-order valence-corrected chi connectivity index (χ0v) is 13.0. The van der Waals surface area contributed by atoms with Gasteiger partial charge in [-0.25, -0.2) is 4.79 Å². The third-order valence-corrected chi connectivity index (χ3v) is 3.88. The summed E-state index contributed by atoms with van der Waals surface area (Å²) >= 11 is 0. The monoisotopic (exact) mass is 315 g/mol. The molecule has 0 saturated carbocycles. The number of rotatable bonds is 6. The zero-order valence-electron chi connectivity index (χ0n) is 13.0. The number of urea groups is 1. The van der Waals surface area contributed by atoms with Crippen molar-refractivity contribution in [2.45, 2.75) is 19.1 Å². The van der Waals surface area contributed by atoms with Crippen LogP contribution in [-0.2, 0) is 19.0 Å². The summed E-state index contributed by atoms with van der Waals surface area (Å²) in [4.78, 5) is 25.3. The van der Waals surface area contributed by atoms with E-state index in [1.54, 1.807) is 7.11 Å². The molecule has 3 amide bonds. The van der Waals surface area contributed by atoms with Crippen molar-refractivity contribution < 1.29 is 23.8 Å². The van der Waals surface area contributed by atoms with Crippen LogP contribution in [0.2, 0.25) is 0 Å². The number of imide groups is 1. The molecule has 2 aliphatic heterocycles. The van der Waals surface area contributed by atoms with E-state index in [1.165, 1.54) is 0 Å². The van der Waals surface area contributed by atoms with Crippen molar-refractivity contribution in [3.63, 3.8) is 0 Å². The first-order chi connectivity index (χ1) is 10.7. The van der Waals surface area contributed by atoms with E-state index in [-0.39, 0.29) is 18.7 Å². The van der Waals surface area contributed by atoms with E-state index < -0.39 is 6.03 Å². The lowest BCUT2D eigenvalue weighted by molar-refractivity contribution is -0.122. The minimum Gasteiger partial charge on any atom is -0.383 e. The molecule has 2 saturated heterocycles. The van der Waals surface area contributed by atoms with Crippen LogP contribution >= 0.6 is 0 Å². The molecule has 2 rings (SSSR count). The summed E-state index contributed by atoms with van der Waals surface area (Å²) in [5, 5.41) is 4.87. The van der Waals surface area contributed by atoms with Crippen molar-refractivity contribution >= 4 is 11.9 Å². The number of hydrogen-bond acceptors (Lipinski definition) is 6. The molecule has 0 aromatic carbocycles. The molecule has 2 fully saturated rings. The van der Waals surface area contributed by atoms with Crippen LogP contribution in [0.5, 0.6) is 0 Å². The molecule has 0 unspecified atom stereocenters. The fraction of sp³-hybridized carbons (Fsp3) is 0.857. The molecule has 0 aliphatic carbocycles. The summed E-state index contributed by atoms with van der Waals surface area (Å²) in [6.45, 7) is 4.00. The first kappa shape index (κ1) is 17.1. The van der Waals surface area contributed by atoms with Crippen molar-refractivity contribution in [3.8, 4) is 0 Å². The molecule has 0 radical (unpaired) electrons. The lowest BCUT2D eigenvalue weighted by Gasteiger charge is -2.33. The predicted octanol–water partition coefficient (Wildman–Crippen LogP) is -0.456. The number of methoxy groups -OCH3 is 1. The van der Waals surface area contributed by atoms with Crippen LogP contribution in [0.1, 0.15) is 12.8 Å². The van der Waals surface area contributed by atoms with E-state index in [0.717, 1.165) is 25.9 Å². The van der Waals surface area contributed by atoms with Gasteiger partial charge in [-0.2, -0.15) is 0 Å². The second kappa shape index (κ2) is 9.04. The highest BCUT2D eigenvalue weighted by Gasteiger charge is 2.30. The average molecular weight is 315 g/mol. The maximum absolute atomic E-state index is 11.8. The Balaban J connectivity index is 1.60. The Morgan fingerprint density at radius 3 is 2.55 bits per heavy atom. The number of ether oxygens (including phenoxy) is 3. The number of amides is 3. The molecular weight excluding hydrogens is 290 g/mol. The van der Waals surface area contributed by atoms with Gasteiger partial charge >= 0.3 is 6.03 Å². The van der Waals surface area contributed by atoms with E-state index >= 15 is 0 Å². The smallest absolute Gasteiger partial charge is 0.321 e.